The monoisotopic (exact) mass is 218 g/mol. The van der Waals surface area contributed by atoms with Crippen LogP contribution >= 0.6 is 11.3 Å². The highest BCUT2D eigenvalue weighted by Crippen LogP contribution is 2.18. The van der Waals surface area contributed by atoms with Crippen molar-refractivity contribution in [2.45, 2.75) is 19.5 Å². The number of hydrogen-bond acceptors (Lipinski definition) is 3. The van der Waals surface area contributed by atoms with Gasteiger partial charge in [0, 0.05) is 23.7 Å². The van der Waals surface area contributed by atoms with Gasteiger partial charge in [0.15, 0.2) is 0 Å². The maximum absolute atomic E-state index is 4.27. The molecule has 0 aliphatic rings. The highest BCUT2D eigenvalue weighted by Gasteiger charge is 2.05. The first kappa shape index (κ1) is 10.3. The normalized spacial score (nSPS) is 12.6. The fourth-order valence-electron chi connectivity index (χ4n) is 1.40. The molecule has 0 aliphatic heterocycles. The van der Waals surface area contributed by atoms with Crippen LogP contribution < -0.4 is 5.32 Å². The summed E-state index contributed by atoms with van der Waals surface area (Å²) in [5.41, 5.74) is 1.08. The second kappa shape index (κ2) is 5.05. The van der Waals surface area contributed by atoms with E-state index >= 15 is 0 Å². The van der Waals surface area contributed by atoms with Gasteiger partial charge in [0.2, 0.25) is 0 Å². The molecule has 2 aromatic rings. The minimum Gasteiger partial charge on any atom is -0.304 e. The molecule has 15 heavy (non-hydrogen) atoms. The molecular weight excluding hydrogens is 204 g/mol. The number of aromatic nitrogens is 1. The van der Waals surface area contributed by atoms with E-state index in [-0.39, 0.29) is 0 Å². The van der Waals surface area contributed by atoms with E-state index in [9.17, 15) is 0 Å². The van der Waals surface area contributed by atoms with Crippen LogP contribution in [0.2, 0.25) is 0 Å². The third kappa shape index (κ3) is 2.88. The van der Waals surface area contributed by atoms with Crippen LogP contribution in [0.1, 0.15) is 23.5 Å². The summed E-state index contributed by atoms with van der Waals surface area (Å²) >= 11 is 1.78. The predicted octanol–water partition coefficient (Wildman–Crippen LogP) is 2.99. The summed E-state index contributed by atoms with van der Waals surface area (Å²) < 4.78 is 0. The number of pyridine rings is 1. The molecule has 2 nitrogen and oxygen atoms in total. The first-order chi connectivity index (χ1) is 7.36. The summed E-state index contributed by atoms with van der Waals surface area (Å²) in [4.78, 5) is 5.64. The van der Waals surface area contributed by atoms with Crippen LogP contribution in [0, 0.1) is 0 Å². The van der Waals surface area contributed by atoms with Gasteiger partial charge >= 0.3 is 0 Å². The Morgan fingerprint density at radius 3 is 2.93 bits per heavy atom. The average molecular weight is 218 g/mol. The predicted molar refractivity (Wildman–Crippen MR) is 63.8 cm³/mol. The molecule has 0 amide bonds. The molecule has 2 rings (SSSR count). The van der Waals surface area contributed by atoms with Crippen LogP contribution in [0.3, 0.4) is 0 Å². The van der Waals surface area contributed by atoms with Gasteiger partial charge < -0.3 is 5.32 Å². The van der Waals surface area contributed by atoms with Crippen LogP contribution in [0.25, 0.3) is 0 Å². The minimum atomic E-state index is 0.395. The van der Waals surface area contributed by atoms with Gasteiger partial charge in [-0.1, -0.05) is 12.1 Å². The van der Waals surface area contributed by atoms with Gasteiger partial charge in [-0.25, -0.2) is 0 Å². The van der Waals surface area contributed by atoms with Crippen LogP contribution in [0.5, 0.6) is 0 Å². The number of hydrogen-bond donors (Lipinski definition) is 1. The van der Waals surface area contributed by atoms with E-state index in [4.69, 9.17) is 0 Å². The van der Waals surface area contributed by atoms with Gasteiger partial charge in [-0.15, -0.1) is 11.3 Å². The number of nitrogens with zero attached hydrogens (tertiary/aromatic N) is 1. The van der Waals surface area contributed by atoms with E-state index in [2.05, 4.69) is 34.7 Å². The molecule has 0 fully saturated rings. The average Bonchev–Trinajstić information content (AvgIpc) is 2.81. The molecule has 0 aliphatic carbocycles. The van der Waals surface area contributed by atoms with Crippen LogP contribution in [0.15, 0.2) is 41.9 Å². The molecule has 0 radical (unpaired) electrons. The molecule has 3 heteroatoms. The van der Waals surface area contributed by atoms with Crippen molar-refractivity contribution in [1.82, 2.24) is 10.3 Å². The van der Waals surface area contributed by atoms with Gasteiger partial charge in [-0.2, -0.15) is 0 Å². The van der Waals surface area contributed by atoms with E-state index in [1.807, 2.05) is 24.4 Å². The highest BCUT2D eigenvalue weighted by atomic mass is 32.1. The summed E-state index contributed by atoms with van der Waals surface area (Å²) in [7, 11) is 0. The number of rotatable bonds is 4. The summed E-state index contributed by atoms with van der Waals surface area (Å²) in [5, 5.41) is 5.55. The molecule has 0 spiro atoms. The zero-order valence-electron chi connectivity index (χ0n) is 8.68. The van der Waals surface area contributed by atoms with Crippen molar-refractivity contribution in [3.63, 3.8) is 0 Å². The Hall–Kier alpha value is -1.19. The SMILES string of the molecule is C[C@H](NCc1ccccn1)c1cccs1. The fourth-order valence-corrected chi connectivity index (χ4v) is 2.16. The molecule has 2 aromatic heterocycles. The zero-order chi connectivity index (χ0) is 10.5. The second-order valence-electron chi connectivity index (χ2n) is 3.44. The molecule has 0 saturated heterocycles. The minimum absolute atomic E-state index is 0.395. The van der Waals surface area contributed by atoms with Crippen molar-refractivity contribution < 1.29 is 0 Å². The van der Waals surface area contributed by atoms with E-state index in [0.717, 1.165) is 12.2 Å². The Labute approximate surface area is 94.0 Å². The van der Waals surface area contributed by atoms with E-state index in [1.54, 1.807) is 11.3 Å². The van der Waals surface area contributed by atoms with Crippen LogP contribution in [-0.2, 0) is 6.54 Å². The molecule has 0 saturated carbocycles. The molecule has 0 aromatic carbocycles. The van der Waals surface area contributed by atoms with E-state index in [0.29, 0.717) is 6.04 Å². The summed E-state index contributed by atoms with van der Waals surface area (Å²) in [6.45, 7) is 2.99. The molecule has 1 atom stereocenters. The van der Waals surface area contributed by atoms with E-state index in [1.165, 1.54) is 4.88 Å². The topological polar surface area (TPSA) is 24.9 Å². The smallest absolute Gasteiger partial charge is 0.0541 e. The Bertz CT molecular complexity index is 383. The lowest BCUT2D eigenvalue weighted by molar-refractivity contribution is 0.575. The standard InChI is InChI=1S/C12H14N2S/c1-10(12-6-4-8-15-12)14-9-11-5-2-3-7-13-11/h2-8,10,14H,9H2,1H3/t10-/m0/s1. The fraction of sp³-hybridized carbons (Fsp3) is 0.250. The van der Waals surface area contributed by atoms with Gasteiger partial charge in [-0.05, 0) is 30.5 Å². The number of thiophene rings is 1. The summed E-state index contributed by atoms with van der Waals surface area (Å²) in [5.74, 6) is 0. The van der Waals surface area contributed by atoms with Gasteiger partial charge in [0.25, 0.3) is 0 Å². The Morgan fingerprint density at radius 2 is 2.27 bits per heavy atom. The van der Waals surface area contributed by atoms with E-state index < -0.39 is 0 Å². The molecule has 2 heterocycles. The van der Waals surface area contributed by atoms with Gasteiger partial charge in [0.05, 0.1) is 5.69 Å². The maximum Gasteiger partial charge on any atom is 0.0541 e. The van der Waals surface area contributed by atoms with Crippen LogP contribution in [0.4, 0.5) is 0 Å². The Morgan fingerprint density at radius 1 is 1.33 bits per heavy atom. The van der Waals surface area contributed by atoms with Crippen molar-refractivity contribution in [3.8, 4) is 0 Å². The summed E-state index contributed by atoms with van der Waals surface area (Å²) in [6, 6.07) is 10.6. The molecular formula is C12H14N2S. The first-order valence-corrected chi connectivity index (χ1v) is 5.91. The Kier molecular flexibility index (Phi) is 3.48. The van der Waals surface area contributed by atoms with Crippen molar-refractivity contribution in [3.05, 3.63) is 52.5 Å². The van der Waals surface area contributed by atoms with Gasteiger partial charge in [-0.3, -0.25) is 4.98 Å². The highest BCUT2D eigenvalue weighted by molar-refractivity contribution is 7.10. The largest absolute Gasteiger partial charge is 0.304 e. The molecule has 78 valence electrons. The first-order valence-electron chi connectivity index (χ1n) is 5.03. The lowest BCUT2D eigenvalue weighted by atomic mass is 10.2. The third-order valence-electron chi connectivity index (χ3n) is 2.29. The molecule has 1 N–H and O–H groups in total. The van der Waals surface area contributed by atoms with Gasteiger partial charge in [0.1, 0.15) is 0 Å². The van der Waals surface area contributed by atoms with Crippen molar-refractivity contribution in [1.29, 1.82) is 0 Å². The molecule has 0 bridgehead atoms. The number of nitrogens with one attached hydrogen (secondary N) is 1. The van der Waals surface area contributed by atoms with Crippen LogP contribution in [-0.4, -0.2) is 4.98 Å². The lowest BCUT2D eigenvalue weighted by Gasteiger charge is -2.11. The van der Waals surface area contributed by atoms with Crippen molar-refractivity contribution in [2.75, 3.05) is 0 Å². The maximum atomic E-state index is 4.27. The van der Waals surface area contributed by atoms with Crippen molar-refractivity contribution in [2.24, 2.45) is 0 Å². The third-order valence-corrected chi connectivity index (χ3v) is 3.34. The lowest BCUT2D eigenvalue weighted by Crippen LogP contribution is -2.17. The Balaban J connectivity index is 1.89. The quantitative estimate of drug-likeness (QED) is 0.853. The zero-order valence-corrected chi connectivity index (χ0v) is 9.50. The summed E-state index contributed by atoms with van der Waals surface area (Å²) in [6.07, 6.45) is 1.83. The second-order valence-corrected chi connectivity index (χ2v) is 4.42. The molecule has 0 unspecified atom stereocenters. The van der Waals surface area contributed by atoms with Crippen molar-refractivity contribution >= 4 is 11.3 Å².